The smallest absolute Gasteiger partial charge is 0.325 e. The molecule has 0 bridgehead atoms. The topological polar surface area (TPSA) is 72.5 Å². The lowest BCUT2D eigenvalue weighted by molar-refractivity contribution is -0.150. The summed E-state index contributed by atoms with van der Waals surface area (Å²) in [7, 11) is 0. The average Bonchev–Trinajstić information content (AvgIpc) is 2.35. The van der Waals surface area contributed by atoms with Crippen LogP contribution in [0.1, 0.15) is 19.4 Å². The molecule has 0 radical (unpaired) electrons. The molecule has 0 aliphatic heterocycles. The van der Waals surface area contributed by atoms with E-state index >= 15 is 0 Å². The van der Waals surface area contributed by atoms with Crippen LogP contribution in [0.25, 0.3) is 0 Å². The van der Waals surface area contributed by atoms with Gasteiger partial charge in [-0.15, -0.1) is 0 Å². The molecule has 4 heteroatoms. The van der Waals surface area contributed by atoms with E-state index in [1.54, 1.807) is 13.8 Å². The van der Waals surface area contributed by atoms with Crippen molar-refractivity contribution < 1.29 is 14.6 Å². The van der Waals surface area contributed by atoms with Crippen LogP contribution in [-0.4, -0.2) is 23.2 Å². The maximum absolute atomic E-state index is 11.6. The molecular formula is C13H19NO3. The van der Waals surface area contributed by atoms with Crippen molar-refractivity contribution in [2.75, 3.05) is 0 Å². The van der Waals surface area contributed by atoms with Crippen molar-refractivity contribution in [2.24, 2.45) is 11.7 Å². The van der Waals surface area contributed by atoms with Gasteiger partial charge in [0.15, 0.2) is 0 Å². The SMILES string of the molecule is CC(C)[C@@H](O)[C@H](N)C(=O)OCc1ccccc1. The number of aliphatic hydroxyl groups is 1. The number of benzene rings is 1. The van der Waals surface area contributed by atoms with Gasteiger partial charge in [-0.3, -0.25) is 4.79 Å². The molecule has 17 heavy (non-hydrogen) atoms. The second-order valence-electron chi connectivity index (χ2n) is 4.35. The van der Waals surface area contributed by atoms with E-state index in [9.17, 15) is 9.90 Å². The molecule has 0 saturated carbocycles. The highest BCUT2D eigenvalue weighted by Crippen LogP contribution is 2.07. The Bertz CT molecular complexity index is 351. The lowest BCUT2D eigenvalue weighted by Crippen LogP contribution is -2.45. The first-order chi connectivity index (χ1) is 8.02. The Morgan fingerprint density at radius 3 is 2.47 bits per heavy atom. The predicted octanol–water partition coefficient (Wildman–Crippen LogP) is 1.07. The molecule has 0 fully saturated rings. The molecule has 0 unspecified atom stereocenters. The number of esters is 1. The molecule has 94 valence electrons. The van der Waals surface area contributed by atoms with Gasteiger partial charge in [0.1, 0.15) is 12.6 Å². The standard InChI is InChI=1S/C13H19NO3/c1-9(2)12(15)11(14)13(16)17-8-10-6-4-3-5-7-10/h3-7,9,11-12,15H,8,14H2,1-2H3/t11-,12+/m0/s1. The van der Waals surface area contributed by atoms with Crippen LogP contribution in [0.15, 0.2) is 30.3 Å². The minimum Gasteiger partial charge on any atom is -0.460 e. The van der Waals surface area contributed by atoms with Crippen molar-refractivity contribution in [3.05, 3.63) is 35.9 Å². The Morgan fingerprint density at radius 2 is 1.94 bits per heavy atom. The number of carbonyl (C=O) groups is 1. The van der Waals surface area contributed by atoms with E-state index < -0.39 is 18.1 Å². The van der Waals surface area contributed by atoms with E-state index in [1.807, 2.05) is 30.3 Å². The highest BCUT2D eigenvalue weighted by Gasteiger charge is 2.26. The summed E-state index contributed by atoms with van der Waals surface area (Å²) in [5.74, 6) is -0.649. The average molecular weight is 237 g/mol. The second kappa shape index (κ2) is 6.37. The number of ether oxygens (including phenoxy) is 1. The van der Waals surface area contributed by atoms with Crippen LogP contribution in [0.4, 0.5) is 0 Å². The summed E-state index contributed by atoms with van der Waals surface area (Å²) in [5, 5.41) is 9.64. The molecule has 0 aliphatic rings. The van der Waals surface area contributed by atoms with Crippen molar-refractivity contribution in [1.82, 2.24) is 0 Å². The Kier molecular flexibility index (Phi) is 5.12. The molecule has 0 spiro atoms. The molecule has 1 rings (SSSR count). The first-order valence-corrected chi connectivity index (χ1v) is 5.66. The summed E-state index contributed by atoms with van der Waals surface area (Å²) in [6, 6.07) is 8.35. The molecule has 3 N–H and O–H groups in total. The van der Waals surface area contributed by atoms with E-state index in [2.05, 4.69) is 0 Å². The van der Waals surface area contributed by atoms with Gasteiger partial charge in [-0.05, 0) is 11.5 Å². The number of nitrogens with two attached hydrogens (primary N) is 1. The van der Waals surface area contributed by atoms with Crippen LogP contribution in [0.3, 0.4) is 0 Å². The summed E-state index contributed by atoms with van der Waals surface area (Å²) in [4.78, 5) is 11.6. The third-order valence-corrected chi connectivity index (χ3v) is 2.55. The molecule has 1 aromatic carbocycles. The highest BCUT2D eigenvalue weighted by atomic mass is 16.5. The van der Waals surface area contributed by atoms with E-state index in [0.717, 1.165) is 5.56 Å². The molecule has 2 atom stereocenters. The fraction of sp³-hybridized carbons (Fsp3) is 0.462. The Balaban J connectivity index is 2.45. The molecule has 0 heterocycles. The predicted molar refractivity (Wildman–Crippen MR) is 65.1 cm³/mol. The van der Waals surface area contributed by atoms with Crippen LogP contribution in [0.5, 0.6) is 0 Å². The van der Waals surface area contributed by atoms with E-state index in [1.165, 1.54) is 0 Å². The molecular weight excluding hydrogens is 218 g/mol. The van der Waals surface area contributed by atoms with Gasteiger partial charge in [-0.25, -0.2) is 0 Å². The number of aliphatic hydroxyl groups excluding tert-OH is 1. The van der Waals surface area contributed by atoms with Gasteiger partial charge in [0, 0.05) is 0 Å². The Hall–Kier alpha value is -1.39. The van der Waals surface area contributed by atoms with E-state index in [0.29, 0.717) is 0 Å². The van der Waals surface area contributed by atoms with E-state index in [4.69, 9.17) is 10.5 Å². The first kappa shape index (κ1) is 13.7. The Labute approximate surface area is 101 Å². The summed E-state index contributed by atoms with van der Waals surface area (Å²) in [5.41, 5.74) is 6.50. The lowest BCUT2D eigenvalue weighted by Gasteiger charge is -2.20. The van der Waals surface area contributed by atoms with Gasteiger partial charge in [-0.1, -0.05) is 44.2 Å². The van der Waals surface area contributed by atoms with Crippen molar-refractivity contribution in [3.8, 4) is 0 Å². The van der Waals surface area contributed by atoms with Crippen molar-refractivity contribution in [1.29, 1.82) is 0 Å². The van der Waals surface area contributed by atoms with Crippen molar-refractivity contribution in [3.63, 3.8) is 0 Å². The van der Waals surface area contributed by atoms with Gasteiger partial charge >= 0.3 is 5.97 Å². The minimum absolute atomic E-state index is 0.0747. The quantitative estimate of drug-likeness (QED) is 0.751. The molecule has 0 saturated heterocycles. The molecule has 4 nitrogen and oxygen atoms in total. The van der Waals surface area contributed by atoms with E-state index in [-0.39, 0.29) is 12.5 Å². The number of rotatable bonds is 5. The largest absolute Gasteiger partial charge is 0.460 e. The molecule has 0 aromatic heterocycles. The summed E-state index contributed by atoms with van der Waals surface area (Å²) in [6.45, 7) is 3.78. The second-order valence-corrected chi connectivity index (χ2v) is 4.35. The summed E-state index contributed by atoms with van der Waals surface area (Å²) < 4.78 is 5.04. The number of carbonyl (C=O) groups excluding carboxylic acids is 1. The third-order valence-electron chi connectivity index (χ3n) is 2.55. The first-order valence-electron chi connectivity index (χ1n) is 5.66. The number of hydrogen-bond acceptors (Lipinski definition) is 4. The van der Waals surface area contributed by atoms with Crippen LogP contribution >= 0.6 is 0 Å². The van der Waals surface area contributed by atoms with Crippen LogP contribution < -0.4 is 5.73 Å². The monoisotopic (exact) mass is 237 g/mol. The third kappa shape index (κ3) is 4.17. The maximum Gasteiger partial charge on any atom is 0.325 e. The van der Waals surface area contributed by atoms with Crippen molar-refractivity contribution >= 4 is 5.97 Å². The highest BCUT2D eigenvalue weighted by molar-refractivity contribution is 5.76. The van der Waals surface area contributed by atoms with Crippen LogP contribution in [-0.2, 0) is 16.1 Å². The summed E-state index contributed by atoms with van der Waals surface area (Å²) >= 11 is 0. The van der Waals surface area contributed by atoms with Gasteiger partial charge in [0.2, 0.25) is 0 Å². The van der Waals surface area contributed by atoms with Gasteiger partial charge in [0.05, 0.1) is 6.10 Å². The van der Waals surface area contributed by atoms with Gasteiger partial charge < -0.3 is 15.6 Å². The molecule has 1 aromatic rings. The number of hydrogen-bond donors (Lipinski definition) is 2. The fourth-order valence-corrected chi connectivity index (χ4v) is 1.38. The fourth-order valence-electron chi connectivity index (χ4n) is 1.38. The van der Waals surface area contributed by atoms with Gasteiger partial charge in [0.25, 0.3) is 0 Å². The maximum atomic E-state index is 11.6. The van der Waals surface area contributed by atoms with Crippen LogP contribution in [0.2, 0.25) is 0 Å². The summed E-state index contributed by atoms with van der Waals surface area (Å²) in [6.07, 6.45) is -0.877. The Morgan fingerprint density at radius 1 is 1.35 bits per heavy atom. The van der Waals surface area contributed by atoms with Crippen LogP contribution in [0, 0.1) is 5.92 Å². The zero-order valence-electron chi connectivity index (χ0n) is 10.2. The van der Waals surface area contributed by atoms with Gasteiger partial charge in [-0.2, -0.15) is 0 Å². The minimum atomic E-state index is -0.987. The molecule has 0 amide bonds. The lowest BCUT2D eigenvalue weighted by atomic mass is 10.0. The molecule has 0 aliphatic carbocycles. The zero-order valence-corrected chi connectivity index (χ0v) is 10.2. The normalized spacial score (nSPS) is 14.4. The zero-order chi connectivity index (χ0) is 12.8. The van der Waals surface area contributed by atoms with Crippen molar-refractivity contribution in [2.45, 2.75) is 32.6 Å².